The lowest BCUT2D eigenvalue weighted by Gasteiger charge is -2.03. The highest BCUT2D eigenvalue weighted by Crippen LogP contribution is 2.24. The van der Waals surface area contributed by atoms with Crippen molar-refractivity contribution in [3.8, 4) is 0 Å². The van der Waals surface area contributed by atoms with Gasteiger partial charge in [0.15, 0.2) is 0 Å². The Bertz CT molecular complexity index is 362. The van der Waals surface area contributed by atoms with Crippen LogP contribution < -0.4 is 0 Å². The van der Waals surface area contributed by atoms with Gasteiger partial charge in [-0.15, -0.1) is 0 Å². The minimum Gasteiger partial charge on any atom is -0.303 e. The second-order valence-corrected chi connectivity index (χ2v) is 3.21. The molecule has 0 saturated carbocycles. The molecule has 0 N–H and O–H groups in total. The Morgan fingerprint density at radius 2 is 1.86 bits per heavy atom. The largest absolute Gasteiger partial charge is 0.303 e. The standard InChI is InChI=1S/C10H11NO3/c1-7-5-9(3-4-12)6-8(2)10(7)11(13)14/h4-6H,3H2,1-2H3. The molecule has 0 heterocycles. The molecule has 0 fully saturated rings. The fourth-order valence-electron chi connectivity index (χ4n) is 1.55. The van der Waals surface area contributed by atoms with Crippen LogP contribution in [0.5, 0.6) is 0 Å². The van der Waals surface area contributed by atoms with Gasteiger partial charge >= 0.3 is 0 Å². The van der Waals surface area contributed by atoms with E-state index in [1.54, 1.807) is 26.0 Å². The molecule has 0 radical (unpaired) electrons. The number of hydrogen-bond acceptors (Lipinski definition) is 3. The van der Waals surface area contributed by atoms with E-state index in [1.807, 2.05) is 0 Å². The van der Waals surface area contributed by atoms with Crippen molar-refractivity contribution in [1.29, 1.82) is 0 Å². The number of rotatable bonds is 3. The SMILES string of the molecule is Cc1cc(CC=O)cc(C)c1[N+](=O)[O-]. The molecule has 0 bridgehead atoms. The van der Waals surface area contributed by atoms with Crippen molar-refractivity contribution in [2.24, 2.45) is 0 Å². The zero-order chi connectivity index (χ0) is 10.7. The minimum absolute atomic E-state index is 0.139. The van der Waals surface area contributed by atoms with Crippen molar-refractivity contribution in [2.75, 3.05) is 0 Å². The van der Waals surface area contributed by atoms with Crippen LogP contribution in [0.4, 0.5) is 5.69 Å². The van der Waals surface area contributed by atoms with Gasteiger partial charge in [-0.2, -0.15) is 0 Å². The molecule has 0 unspecified atom stereocenters. The summed E-state index contributed by atoms with van der Waals surface area (Å²) in [6, 6.07) is 3.36. The van der Waals surface area contributed by atoms with Crippen LogP contribution in [0.2, 0.25) is 0 Å². The van der Waals surface area contributed by atoms with E-state index in [4.69, 9.17) is 0 Å². The normalized spacial score (nSPS) is 9.86. The van der Waals surface area contributed by atoms with Crippen molar-refractivity contribution in [3.63, 3.8) is 0 Å². The van der Waals surface area contributed by atoms with Crippen LogP contribution in [0, 0.1) is 24.0 Å². The summed E-state index contributed by atoms with van der Waals surface area (Å²) in [6.45, 7) is 3.36. The van der Waals surface area contributed by atoms with Crippen molar-refractivity contribution < 1.29 is 9.72 Å². The van der Waals surface area contributed by atoms with E-state index in [2.05, 4.69) is 0 Å². The van der Waals surface area contributed by atoms with Crippen LogP contribution >= 0.6 is 0 Å². The molecule has 0 aromatic heterocycles. The predicted molar refractivity (Wildman–Crippen MR) is 52.3 cm³/mol. The smallest absolute Gasteiger partial charge is 0.275 e. The number of nitrogens with zero attached hydrogens (tertiary/aromatic N) is 1. The van der Waals surface area contributed by atoms with E-state index >= 15 is 0 Å². The monoisotopic (exact) mass is 193 g/mol. The topological polar surface area (TPSA) is 60.2 Å². The molecule has 1 aromatic rings. The lowest BCUT2D eigenvalue weighted by Crippen LogP contribution is -1.97. The Hall–Kier alpha value is -1.71. The Morgan fingerprint density at radius 3 is 2.21 bits per heavy atom. The van der Waals surface area contributed by atoms with Gasteiger partial charge in [0.05, 0.1) is 4.92 Å². The van der Waals surface area contributed by atoms with Gasteiger partial charge in [-0.05, 0) is 31.5 Å². The number of nitro groups is 1. The van der Waals surface area contributed by atoms with Crippen LogP contribution in [-0.2, 0) is 11.2 Å². The van der Waals surface area contributed by atoms with Crippen LogP contribution in [0.15, 0.2) is 12.1 Å². The van der Waals surface area contributed by atoms with E-state index in [0.717, 1.165) is 11.8 Å². The van der Waals surface area contributed by atoms with Crippen molar-refractivity contribution >= 4 is 12.0 Å². The molecule has 1 rings (SSSR count). The predicted octanol–water partition coefficient (Wildman–Crippen LogP) is 1.95. The zero-order valence-electron chi connectivity index (χ0n) is 8.11. The molecule has 74 valence electrons. The average molecular weight is 193 g/mol. The first-order valence-corrected chi connectivity index (χ1v) is 4.24. The molecule has 0 spiro atoms. The molecule has 0 aliphatic carbocycles. The summed E-state index contributed by atoms with van der Waals surface area (Å²) in [4.78, 5) is 20.5. The molecule has 0 saturated heterocycles. The van der Waals surface area contributed by atoms with E-state index in [-0.39, 0.29) is 5.69 Å². The lowest BCUT2D eigenvalue weighted by atomic mass is 10.0. The second-order valence-electron chi connectivity index (χ2n) is 3.21. The summed E-state index contributed by atoms with van der Waals surface area (Å²) in [6.07, 6.45) is 1.10. The first-order valence-electron chi connectivity index (χ1n) is 4.24. The van der Waals surface area contributed by atoms with Crippen molar-refractivity contribution in [3.05, 3.63) is 38.9 Å². The van der Waals surface area contributed by atoms with Gasteiger partial charge in [-0.1, -0.05) is 0 Å². The van der Waals surface area contributed by atoms with Crippen LogP contribution in [0.3, 0.4) is 0 Å². The van der Waals surface area contributed by atoms with Crippen LogP contribution in [0.1, 0.15) is 16.7 Å². The number of aldehydes is 1. The van der Waals surface area contributed by atoms with Crippen molar-refractivity contribution in [1.82, 2.24) is 0 Å². The Morgan fingerprint density at radius 1 is 1.36 bits per heavy atom. The van der Waals surface area contributed by atoms with Crippen molar-refractivity contribution in [2.45, 2.75) is 20.3 Å². The molecule has 4 nitrogen and oxygen atoms in total. The number of benzene rings is 1. The van der Waals surface area contributed by atoms with Gasteiger partial charge in [0.1, 0.15) is 6.29 Å². The molecule has 0 atom stereocenters. The summed E-state index contributed by atoms with van der Waals surface area (Å²) in [5.74, 6) is 0. The zero-order valence-corrected chi connectivity index (χ0v) is 8.11. The first kappa shape index (κ1) is 10.4. The van der Waals surface area contributed by atoms with Crippen LogP contribution in [0.25, 0.3) is 0 Å². The molecular formula is C10H11NO3. The maximum absolute atomic E-state index is 10.6. The number of carbonyl (C=O) groups excluding carboxylic acids is 1. The Balaban J connectivity index is 3.24. The summed E-state index contributed by atoms with van der Waals surface area (Å²) in [5.41, 5.74) is 2.17. The fourth-order valence-corrected chi connectivity index (χ4v) is 1.55. The number of hydrogen-bond donors (Lipinski definition) is 0. The van der Waals surface area contributed by atoms with E-state index < -0.39 is 4.92 Å². The molecule has 14 heavy (non-hydrogen) atoms. The highest BCUT2D eigenvalue weighted by Gasteiger charge is 2.14. The minimum atomic E-state index is -0.393. The summed E-state index contributed by atoms with van der Waals surface area (Å²) in [7, 11) is 0. The summed E-state index contributed by atoms with van der Waals surface area (Å²) in [5, 5.41) is 10.6. The maximum atomic E-state index is 10.6. The van der Waals surface area contributed by atoms with E-state index in [0.29, 0.717) is 17.5 Å². The third-order valence-electron chi connectivity index (χ3n) is 2.05. The number of carbonyl (C=O) groups is 1. The Kier molecular flexibility index (Phi) is 2.96. The maximum Gasteiger partial charge on any atom is 0.275 e. The molecule has 1 aromatic carbocycles. The van der Waals surface area contributed by atoms with Gasteiger partial charge in [0.25, 0.3) is 5.69 Å². The molecule has 0 amide bonds. The number of aryl methyl sites for hydroxylation is 2. The molecular weight excluding hydrogens is 182 g/mol. The summed E-state index contributed by atoms with van der Waals surface area (Å²) >= 11 is 0. The second kappa shape index (κ2) is 4.00. The van der Waals surface area contributed by atoms with Gasteiger partial charge in [0.2, 0.25) is 0 Å². The summed E-state index contributed by atoms with van der Waals surface area (Å²) < 4.78 is 0. The van der Waals surface area contributed by atoms with Gasteiger partial charge < -0.3 is 4.79 Å². The van der Waals surface area contributed by atoms with Crippen LogP contribution in [-0.4, -0.2) is 11.2 Å². The van der Waals surface area contributed by atoms with E-state index in [1.165, 1.54) is 0 Å². The molecule has 4 heteroatoms. The third-order valence-corrected chi connectivity index (χ3v) is 2.05. The quantitative estimate of drug-likeness (QED) is 0.418. The highest BCUT2D eigenvalue weighted by atomic mass is 16.6. The Labute approximate surface area is 81.7 Å². The number of nitro benzene ring substituents is 1. The average Bonchev–Trinajstić information content (AvgIpc) is 2.01. The third kappa shape index (κ3) is 1.96. The van der Waals surface area contributed by atoms with Gasteiger partial charge in [-0.3, -0.25) is 10.1 Å². The molecule has 0 aliphatic rings. The highest BCUT2D eigenvalue weighted by molar-refractivity contribution is 5.58. The van der Waals surface area contributed by atoms with Gasteiger partial charge in [0, 0.05) is 17.5 Å². The first-order chi connectivity index (χ1) is 6.56. The lowest BCUT2D eigenvalue weighted by molar-refractivity contribution is -0.386. The van der Waals surface area contributed by atoms with Gasteiger partial charge in [-0.25, -0.2) is 0 Å². The molecule has 0 aliphatic heterocycles. The fraction of sp³-hybridized carbons (Fsp3) is 0.300. The van der Waals surface area contributed by atoms with E-state index in [9.17, 15) is 14.9 Å².